The molecule has 1 heterocycles. The van der Waals surface area contributed by atoms with Crippen LogP contribution in [0.3, 0.4) is 0 Å². The van der Waals surface area contributed by atoms with Gasteiger partial charge < -0.3 is 25.6 Å². The van der Waals surface area contributed by atoms with Crippen LogP contribution in [0.25, 0.3) is 0 Å². The van der Waals surface area contributed by atoms with E-state index in [9.17, 15) is 4.79 Å². The molecule has 3 N–H and O–H groups in total. The summed E-state index contributed by atoms with van der Waals surface area (Å²) in [7, 11) is 3.95. The Bertz CT molecular complexity index is 574. The van der Waals surface area contributed by atoms with Crippen LogP contribution in [0, 0.1) is 0 Å². The van der Waals surface area contributed by atoms with Crippen LogP contribution < -0.4 is 11.1 Å². The van der Waals surface area contributed by atoms with Gasteiger partial charge in [0.1, 0.15) is 0 Å². The second-order valence-electron chi connectivity index (χ2n) is 6.03. The minimum absolute atomic E-state index is 0. The maximum atomic E-state index is 12.2. The van der Waals surface area contributed by atoms with Crippen molar-refractivity contribution in [3.05, 3.63) is 35.4 Å². The van der Waals surface area contributed by atoms with Gasteiger partial charge in [0, 0.05) is 31.7 Å². The Morgan fingerprint density at radius 2 is 2.08 bits per heavy atom. The monoisotopic (exact) mass is 461 g/mol. The molecular weight excluding hydrogens is 433 g/mol. The number of carbonyl (C=O) groups is 1. The molecule has 1 saturated heterocycles. The fraction of sp³-hybridized carbons (Fsp3) is 0.529. The summed E-state index contributed by atoms with van der Waals surface area (Å²) in [6, 6.07) is 7.49. The Morgan fingerprint density at radius 1 is 1.36 bits per heavy atom. The molecule has 1 aliphatic heterocycles. The lowest BCUT2D eigenvalue weighted by Crippen LogP contribution is -2.44. The predicted octanol–water partition coefficient (Wildman–Crippen LogP) is 0.743. The Labute approximate surface area is 166 Å². The van der Waals surface area contributed by atoms with Crippen LogP contribution in [0.5, 0.6) is 0 Å². The molecule has 0 saturated carbocycles. The molecule has 0 bridgehead atoms. The zero-order valence-electron chi connectivity index (χ0n) is 14.9. The van der Waals surface area contributed by atoms with Crippen molar-refractivity contribution in [3.63, 3.8) is 0 Å². The fourth-order valence-corrected chi connectivity index (χ4v) is 2.37. The van der Waals surface area contributed by atoms with Crippen molar-refractivity contribution < 1.29 is 9.53 Å². The highest BCUT2D eigenvalue weighted by atomic mass is 127. The SMILES string of the molecule is CN(C)CCNC(=O)c1cccc(CN=C(N)N2CCOCC2)c1.I. The van der Waals surface area contributed by atoms with Crippen molar-refractivity contribution in [2.75, 3.05) is 53.5 Å². The molecule has 0 aromatic heterocycles. The number of halogens is 1. The van der Waals surface area contributed by atoms with Crippen LogP contribution in [0.4, 0.5) is 0 Å². The molecule has 140 valence electrons. The van der Waals surface area contributed by atoms with Crippen LogP contribution >= 0.6 is 24.0 Å². The van der Waals surface area contributed by atoms with E-state index in [1.807, 2.05) is 48.2 Å². The van der Waals surface area contributed by atoms with Crippen LogP contribution in [-0.4, -0.2) is 75.2 Å². The molecular formula is C17H28IN5O2. The third-order valence-electron chi connectivity index (χ3n) is 3.79. The van der Waals surface area contributed by atoms with Crippen LogP contribution in [-0.2, 0) is 11.3 Å². The number of likely N-dealkylation sites (N-methyl/N-ethyl adjacent to an activating group) is 1. The van der Waals surface area contributed by atoms with Crippen LogP contribution in [0.2, 0.25) is 0 Å². The summed E-state index contributed by atoms with van der Waals surface area (Å²) >= 11 is 0. The number of carbonyl (C=O) groups excluding carboxylic acids is 1. The lowest BCUT2D eigenvalue weighted by atomic mass is 10.1. The minimum Gasteiger partial charge on any atom is -0.378 e. The number of hydrogen-bond acceptors (Lipinski definition) is 4. The second kappa shape index (κ2) is 11.3. The second-order valence-corrected chi connectivity index (χ2v) is 6.03. The van der Waals surface area contributed by atoms with Gasteiger partial charge in [-0.2, -0.15) is 0 Å². The molecule has 1 aromatic carbocycles. The van der Waals surface area contributed by atoms with Gasteiger partial charge in [0.2, 0.25) is 0 Å². The van der Waals surface area contributed by atoms with Crippen molar-refractivity contribution in [2.24, 2.45) is 10.7 Å². The number of rotatable bonds is 6. The molecule has 0 spiro atoms. The first-order valence-electron chi connectivity index (χ1n) is 8.21. The molecule has 1 aliphatic rings. The van der Waals surface area contributed by atoms with Gasteiger partial charge in [-0.05, 0) is 31.8 Å². The smallest absolute Gasteiger partial charge is 0.251 e. The summed E-state index contributed by atoms with van der Waals surface area (Å²) in [6.45, 7) is 4.79. The summed E-state index contributed by atoms with van der Waals surface area (Å²) in [5.41, 5.74) is 7.63. The fourth-order valence-electron chi connectivity index (χ4n) is 2.37. The van der Waals surface area contributed by atoms with Gasteiger partial charge in [0.15, 0.2) is 5.96 Å². The zero-order valence-corrected chi connectivity index (χ0v) is 17.2. The number of morpholine rings is 1. The minimum atomic E-state index is -0.0659. The first-order valence-corrected chi connectivity index (χ1v) is 8.21. The highest BCUT2D eigenvalue weighted by molar-refractivity contribution is 14.0. The third-order valence-corrected chi connectivity index (χ3v) is 3.79. The van der Waals surface area contributed by atoms with Crippen molar-refractivity contribution in [2.45, 2.75) is 6.54 Å². The number of guanidine groups is 1. The summed E-state index contributed by atoms with van der Waals surface area (Å²) in [6.07, 6.45) is 0. The van der Waals surface area contributed by atoms with Crippen molar-refractivity contribution in [1.29, 1.82) is 0 Å². The van der Waals surface area contributed by atoms with E-state index >= 15 is 0 Å². The van der Waals surface area contributed by atoms with E-state index in [2.05, 4.69) is 10.3 Å². The van der Waals surface area contributed by atoms with E-state index in [0.29, 0.717) is 37.8 Å². The van der Waals surface area contributed by atoms with Gasteiger partial charge in [-0.1, -0.05) is 12.1 Å². The summed E-state index contributed by atoms with van der Waals surface area (Å²) in [5.74, 6) is 0.461. The lowest BCUT2D eigenvalue weighted by molar-refractivity contribution is 0.0674. The van der Waals surface area contributed by atoms with E-state index in [-0.39, 0.29) is 29.9 Å². The lowest BCUT2D eigenvalue weighted by Gasteiger charge is -2.27. The number of aliphatic imine (C=N–C) groups is 1. The third kappa shape index (κ3) is 7.57. The topological polar surface area (TPSA) is 83.2 Å². The first kappa shape index (κ1) is 21.7. The van der Waals surface area contributed by atoms with Gasteiger partial charge in [-0.15, -0.1) is 24.0 Å². The Morgan fingerprint density at radius 3 is 2.76 bits per heavy atom. The summed E-state index contributed by atoms with van der Waals surface area (Å²) in [4.78, 5) is 20.6. The van der Waals surface area contributed by atoms with Gasteiger partial charge >= 0.3 is 0 Å². The molecule has 0 atom stereocenters. The molecule has 0 unspecified atom stereocenters. The number of ether oxygens (including phenoxy) is 1. The van der Waals surface area contributed by atoms with Crippen molar-refractivity contribution >= 4 is 35.8 Å². The van der Waals surface area contributed by atoms with E-state index in [1.54, 1.807) is 0 Å². The van der Waals surface area contributed by atoms with Crippen molar-refractivity contribution in [1.82, 2.24) is 15.1 Å². The highest BCUT2D eigenvalue weighted by Gasteiger charge is 2.12. The standard InChI is InChI=1S/C17H27N5O2.HI/c1-21(2)7-6-19-16(23)15-5-3-4-14(12-15)13-20-17(18)22-8-10-24-11-9-22;/h3-5,12H,6-11,13H2,1-2H3,(H2,18,20)(H,19,23);1H. The summed E-state index contributed by atoms with van der Waals surface area (Å²) in [5, 5.41) is 2.91. The predicted molar refractivity (Wildman–Crippen MR) is 110 cm³/mol. The number of hydrogen-bond donors (Lipinski definition) is 2. The van der Waals surface area contributed by atoms with E-state index < -0.39 is 0 Å². The average molecular weight is 461 g/mol. The normalized spacial score (nSPS) is 15.0. The van der Waals surface area contributed by atoms with Crippen LogP contribution in [0.15, 0.2) is 29.3 Å². The van der Waals surface area contributed by atoms with Gasteiger partial charge in [0.05, 0.1) is 19.8 Å². The largest absolute Gasteiger partial charge is 0.378 e. The Hall–Kier alpha value is -1.39. The van der Waals surface area contributed by atoms with E-state index in [4.69, 9.17) is 10.5 Å². The zero-order chi connectivity index (χ0) is 17.4. The molecule has 1 fully saturated rings. The van der Waals surface area contributed by atoms with E-state index in [0.717, 1.165) is 25.2 Å². The number of nitrogens with one attached hydrogen (secondary N) is 1. The number of amides is 1. The van der Waals surface area contributed by atoms with Gasteiger partial charge in [-0.3, -0.25) is 4.79 Å². The molecule has 2 rings (SSSR count). The van der Waals surface area contributed by atoms with E-state index in [1.165, 1.54) is 0 Å². The number of nitrogens with two attached hydrogens (primary N) is 1. The molecule has 0 aliphatic carbocycles. The first-order chi connectivity index (χ1) is 11.6. The molecule has 25 heavy (non-hydrogen) atoms. The highest BCUT2D eigenvalue weighted by Crippen LogP contribution is 2.07. The molecule has 1 amide bonds. The van der Waals surface area contributed by atoms with Gasteiger partial charge in [-0.25, -0.2) is 4.99 Å². The maximum absolute atomic E-state index is 12.2. The Balaban J connectivity index is 0.00000312. The molecule has 0 radical (unpaired) electrons. The maximum Gasteiger partial charge on any atom is 0.251 e. The van der Waals surface area contributed by atoms with Gasteiger partial charge in [0.25, 0.3) is 5.91 Å². The van der Waals surface area contributed by atoms with Crippen molar-refractivity contribution in [3.8, 4) is 0 Å². The molecule has 7 nitrogen and oxygen atoms in total. The number of nitrogens with zero attached hydrogens (tertiary/aromatic N) is 3. The average Bonchev–Trinajstić information content (AvgIpc) is 2.60. The number of benzene rings is 1. The quantitative estimate of drug-likeness (QED) is 0.371. The Kier molecular flexibility index (Phi) is 9.76. The summed E-state index contributed by atoms with van der Waals surface area (Å²) < 4.78 is 5.30. The molecule has 1 aromatic rings. The molecule has 8 heteroatoms. The van der Waals surface area contributed by atoms with Crippen LogP contribution in [0.1, 0.15) is 15.9 Å².